The topological polar surface area (TPSA) is 74.8 Å². The van der Waals surface area contributed by atoms with Gasteiger partial charge in [0.1, 0.15) is 5.75 Å². The number of aliphatic hydroxyl groups is 1. The van der Waals surface area contributed by atoms with E-state index in [2.05, 4.69) is 14.8 Å². The molecule has 4 rings (SSSR count). The Morgan fingerprint density at radius 3 is 2.78 bits per heavy atom. The highest BCUT2D eigenvalue weighted by Crippen LogP contribution is 2.30. The molecule has 0 amide bonds. The molecule has 1 aromatic carbocycles. The van der Waals surface area contributed by atoms with Crippen LogP contribution < -0.4 is 10.5 Å². The summed E-state index contributed by atoms with van der Waals surface area (Å²) in [5, 5.41) is 10.5. The first-order chi connectivity index (χ1) is 13.1. The van der Waals surface area contributed by atoms with Crippen LogP contribution in [0, 0.1) is 5.82 Å². The molecule has 1 aromatic heterocycles. The molecule has 0 radical (unpaired) electrons. The number of β-amino-alcohol motifs (C(OH)–C–C–N with tert-alkyl or cyclic N) is 1. The molecular weight excluding hydrogens is 347 g/mol. The second-order valence-electron chi connectivity index (χ2n) is 7.35. The van der Waals surface area contributed by atoms with Crippen molar-refractivity contribution in [1.82, 2.24) is 14.8 Å². The maximum Gasteiger partial charge on any atom is 0.167 e. The summed E-state index contributed by atoms with van der Waals surface area (Å²) in [7, 11) is 0. The molecule has 2 atom stereocenters. The van der Waals surface area contributed by atoms with Gasteiger partial charge in [0.15, 0.2) is 11.6 Å². The highest BCUT2D eigenvalue weighted by Gasteiger charge is 2.36. The van der Waals surface area contributed by atoms with Crippen molar-refractivity contribution in [1.29, 1.82) is 0 Å². The predicted molar refractivity (Wildman–Crippen MR) is 101 cm³/mol. The van der Waals surface area contributed by atoms with Crippen molar-refractivity contribution in [3.63, 3.8) is 0 Å². The SMILES string of the molecule is Nc1ccc(Oc2ccncc2CN2C[C@@H](O)[C@H](N3CCCC3)C2)c(F)c1. The average molecular weight is 372 g/mol. The first kappa shape index (κ1) is 18.2. The van der Waals surface area contributed by atoms with Crippen LogP contribution in [0.2, 0.25) is 0 Å². The number of nitrogens with two attached hydrogens (primary N) is 1. The molecule has 2 aliphatic rings. The van der Waals surface area contributed by atoms with E-state index in [-0.39, 0.29) is 17.9 Å². The minimum atomic E-state index is -0.497. The number of nitrogens with zero attached hydrogens (tertiary/aromatic N) is 3. The number of hydrogen-bond acceptors (Lipinski definition) is 6. The molecule has 2 aromatic rings. The standard InChI is InChI=1S/C20H25FN4O2/c21-16-9-15(22)3-4-20(16)27-19-5-6-23-10-14(19)11-24-12-17(18(26)13-24)25-7-1-2-8-25/h3-6,9-10,17-18,26H,1-2,7-8,11-13,22H2/t17-,18-/m1/s1. The third-order valence-electron chi connectivity index (χ3n) is 5.37. The van der Waals surface area contributed by atoms with E-state index < -0.39 is 5.82 Å². The van der Waals surface area contributed by atoms with E-state index in [1.54, 1.807) is 24.5 Å². The molecule has 0 unspecified atom stereocenters. The van der Waals surface area contributed by atoms with Gasteiger partial charge in [-0.25, -0.2) is 4.39 Å². The first-order valence-electron chi connectivity index (χ1n) is 9.40. The van der Waals surface area contributed by atoms with E-state index in [0.717, 1.165) is 25.2 Å². The first-order valence-corrected chi connectivity index (χ1v) is 9.40. The summed E-state index contributed by atoms with van der Waals surface area (Å²) in [6, 6.07) is 6.29. The third-order valence-corrected chi connectivity index (χ3v) is 5.37. The molecule has 2 saturated heterocycles. The molecule has 0 saturated carbocycles. The highest BCUT2D eigenvalue weighted by molar-refractivity contribution is 5.45. The molecule has 0 aliphatic carbocycles. The van der Waals surface area contributed by atoms with Crippen LogP contribution in [0.25, 0.3) is 0 Å². The van der Waals surface area contributed by atoms with Crippen LogP contribution in [0.1, 0.15) is 18.4 Å². The van der Waals surface area contributed by atoms with E-state index >= 15 is 0 Å². The van der Waals surface area contributed by atoms with E-state index in [4.69, 9.17) is 10.5 Å². The molecule has 6 nitrogen and oxygen atoms in total. The van der Waals surface area contributed by atoms with Crippen molar-refractivity contribution in [2.45, 2.75) is 31.5 Å². The normalized spacial score (nSPS) is 23.8. The van der Waals surface area contributed by atoms with Crippen molar-refractivity contribution in [3.05, 3.63) is 48.0 Å². The number of pyridine rings is 1. The molecule has 0 spiro atoms. The fraction of sp³-hybridized carbons (Fsp3) is 0.450. The zero-order valence-electron chi connectivity index (χ0n) is 15.2. The number of nitrogen functional groups attached to an aromatic ring is 1. The molecular formula is C20H25FN4O2. The number of ether oxygens (including phenoxy) is 1. The van der Waals surface area contributed by atoms with Crippen LogP contribution in [0.5, 0.6) is 11.5 Å². The fourth-order valence-electron chi connectivity index (χ4n) is 4.00. The average Bonchev–Trinajstić information content (AvgIpc) is 3.28. The van der Waals surface area contributed by atoms with Crippen LogP contribution in [0.3, 0.4) is 0 Å². The van der Waals surface area contributed by atoms with Gasteiger partial charge in [0.05, 0.1) is 6.10 Å². The number of halogens is 1. The van der Waals surface area contributed by atoms with Gasteiger partial charge in [-0.1, -0.05) is 0 Å². The van der Waals surface area contributed by atoms with Gasteiger partial charge in [-0.2, -0.15) is 0 Å². The molecule has 3 heterocycles. The molecule has 27 heavy (non-hydrogen) atoms. The molecule has 2 aliphatic heterocycles. The number of aromatic nitrogens is 1. The summed E-state index contributed by atoms with van der Waals surface area (Å²) in [6.45, 7) is 4.15. The zero-order valence-corrected chi connectivity index (χ0v) is 15.2. The Bertz CT molecular complexity index is 797. The second kappa shape index (κ2) is 7.80. The maximum atomic E-state index is 14.1. The Hall–Kier alpha value is -2.22. The summed E-state index contributed by atoms with van der Waals surface area (Å²) >= 11 is 0. The van der Waals surface area contributed by atoms with Crippen molar-refractivity contribution in [2.24, 2.45) is 0 Å². The summed E-state index contributed by atoms with van der Waals surface area (Å²) in [4.78, 5) is 8.78. The maximum absolute atomic E-state index is 14.1. The Morgan fingerprint density at radius 1 is 1.19 bits per heavy atom. The summed E-state index contributed by atoms with van der Waals surface area (Å²) in [6.07, 6.45) is 5.42. The van der Waals surface area contributed by atoms with E-state index in [1.165, 1.54) is 25.0 Å². The van der Waals surface area contributed by atoms with Gasteiger partial charge in [0, 0.05) is 55.4 Å². The minimum Gasteiger partial charge on any atom is -0.454 e. The smallest absolute Gasteiger partial charge is 0.167 e. The molecule has 2 fully saturated rings. The van der Waals surface area contributed by atoms with Gasteiger partial charge >= 0.3 is 0 Å². The monoisotopic (exact) mass is 372 g/mol. The summed E-state index contributed by atoms with van der Waals surface area (Å²) < 4.78 is 19.9. The zero-order chi connectivity index (χ0) is 18.8. The van der Waals surface area contributed by atoms with Crippen LogP contribution in [-0.2, 0) is 6.54 Å². The van der Waals surface area contributed by atoms with Crippen molar-refractivity contribution < 1.29 is 14.2 Å². The van der Waals surface area contributed by atoms with Crippen LogP contribution in [0.15, 0.2) is 36.7 Å². The van der Waals surface area contributed by atoms with Crippen molar-refractivity contribution in [3.8, 4) is 11.5 Å². The summed E-state index contributed by atoms with van der Waals surface area (Å²) in [5.41, 5.74) is 6.82. The van der Waals surface area contributed by atoms with E-state index in [9.17, 15) is 9.50 Å². The number of likely N-dealkylation sites (tertiary alicyclic amines) is 2. The molecule has 0 bridgehead atoms. The molecule has 144 valence electrons. The lowest BCUT2D eigenvalue weighted by Gasteiger charge is -2.25. The summed E-state index contributed by atoms with van der Waals surface area (Å²) in [5.74, 6) is 0.198. The van der Waals surface area contributed by atoms with Gasteiger partial charge in [0.25, 0.3) is 0 Å². The lowest BCUT2D eigenvalue weighted by atomic mass is 10.2. The van der Waals surface area contributed by atoms with Gasteiger partial charge in [-0.05, 0) is 44.1 Å². The van der Waals surface area contributed by atoms with Crippen LogP contribution in [-0.4, -0.2) is 58.2 Å². The highest BCUT2D eigenvalue weighted by atomic mass is 19.1. The lowest BCUT2D eigenvalue weighted by molar-refractivity contribution is 0.0978. The minimum absolute atomic E-state index is 0.132. The quantitative estimate of drug-likeness (QED) is 0.784. The fourth-order valence-corrected chi connectivity index (χ4v) is 4.00. The van der Waals surface area contributed by atoms with Crippen LogP contribution >= 0.6 is 0 Å². The number of benzene rings is 1. The number of aliphatic hydroxyl groups excluding tert-OH is 1. The number of rotatable bonds is 5. The Balaban J connectivity index is 1.47. The van der Waals surface area contributed by atoms with Crippen molar-refractivity contribution in [2.75, 3.05) is 31.9 Å². The van der Waals surface area contributed by atoms with E-state index in [1.807, 2.05) is 0 Å². The number of anilines is 1. The largest absolute Gasteiger partial charge is 0.454 e. The Morgan fingerprint density at radius 2 is 2.00 bits per heavy atom. The van der Waals surface area contributed by atoms with Crippen molar-refractivity contribution >= 4 is 5.69 Å². The predicted octanol–water partition coefficient (Wildman–Crippen LogP) is 2.24. The third kappa shape index (κ3) is 4.05. The van der Waals surface area contributed by atoms with Gasteiger partial charge in [0.2, 0.25) is 0 Å². The Kier molecular flexibility index (Phi) is 5.24. The van der Waals surface area contributed by atoms with Gasteiger partial charge < -0.3 is 15.6 Å². The van der Waals surface area contributed by atoms with Gasteiger partial charge in [-0.15, -0.1) is 0 Å². The van der Waals surface area contributed by atoms with Crippen LogP contribution in [0.4, 0.5) is 10.1 Å². The lowest BCUT2D eigenvalue weighted by Crippen LogP contribution is -2.41. The molecule has 3 N–H and O–H groups in total. The second-order valence-corrected chi connectivity index (χ2v) is 7.35. The molecule has 7 heteroatoms. The van der Waals surface area contributed by atoms with Gasteiger partial charge in [-0.3, -0.25) is 14.8 Å². The van der Waals surface area contributed by atoms with E-state index in [0.29, 0.717) is 24.5 Å². The Labute approximate surface area is 158 Å². The number of hydrogen-bond donors (Lipinski definition) is 2.